The van der Waals surface area contributed by atoms with Crippen LogP contribution in [-0.4, -0.2) is 25.2 Å². The Bertz CT molecular complexity index is 419. The van der Waals surface area contributed by atoms with Gasteiger partial charge in [0.1, 0.15) is 0 Å². The van der Waals surface area contributed by atoms with E-state index in [1.807, 2.05) is 6.07 Å². The van der Waals surface area contributed by atoms with E-state index >= 15 is 0 Å². The van der Waals surface area contributed by atoms with Gasteiger partial charge in [-0.2, -0.15) is 0 Å². The number of rotatable bonds is 8. The summed E-state index contributed by atoms with van der Waals surface area (Å²) in [5, 5.41) is 0. The van der Waals surface area contributed by atoms with Gasteiger partial charge >= 0.3 is 0 Å². The Hall–Kier alpha value is -2.02. The third-order valence-corrected chi connectivity index (χ3v) is 2.59. The van der Waals surface area contributed by atoms with Crippen molar-refractivity contribution in [3.05, 3.63) is 35.4 Å². The third kappa shape index (κ3) is 5.90. The average molecular weight is 244 g/mol. The van der Waals surface area contributed by atoms with Crippen molar-refractivity contribution in [2.45, 2.75) is 25.7 Å². The Balaban J connectivity index is 2.40. The van der Waals surface area contributed by atoms with E-state index in [9.17, 15) is 9.59 Å². The van der Waals surface area contributed by atoms with E-state index in [-0.39, 0.29) is 0 Å². The molecule has 0 saturated heterocycles. The van der Waals surface area contributed by atoms with Crippen molar-refractivity contribution in [1.29, 1.82) is 0 Å². The maximum absolute atomic E-state index is 9.91. The van der Waals surface area contributed by atoms with Crippen molar-refractivity contribution in [3.63, 3.8) is 0 Å². The van der Waals surface area contributed by atoms with Crippen LogP contribution in [0.5, 0.6) is 0 Å². The molecule has 0 aliphatic rings. The maximum Gasteiger partial charge on any atom is 0.234 e. The fraction of sp³-hybridized carbons (Fsp3) is 0.429. The predicted molar refractivity (Wildman–Crippen MR) is 69.1 cm³/mol. The highest BCUT2D eigenvalue weighted by Crippen LogP contribution is 2.09. The van der Waals surface area contributed by atoms with Gasteiger partial charge in [-0.1, -0.05) is 24.3 Å². The van der Waals surface area contributed by atoms with Crippen LogP contribution >= 0.6 is 0 Å². The maximum atomic E-state index is 9.91. The fourth-order valence-corrected chi connectivity index (χ4v) is 1.76. The first kappa shape index (κ1) is 14.0. The molecule has 94 valence electrons. The highest BCUT2D eigenvalue weighted by molar-refractivity contribution is 5.33. The zero-order valence-corrected chi connectivity index (χ0v) is 10.3. The van der Waals surface area contributed by atoms with Crippen molar-refractivity contribution in [2.24, 2.45) is 9.98 Å². The number of aliphatic imine (C=N–C) groups is 2. The molecule has 0 N–H and O–H groups in total. The van der Waals surface area contributed by atoms with E-state index in [4.69, 9.17) is 0 Å². The molecule has 1 rings (SSSR count). The van der Waals surface area contributed by atoms with Gasteiger partial charge in [-0.25, -0.2) is 19.6 Å². The first-order chi connectivity index (χ1) is 8.86. The van der Waals surface area contributed by atoms with Crippen LogP contribution in [0, 0.1) is 0 Å². The summed E-state index contributed by atoms with van der Waals surface area (Å²) in [5.41, 5.74) is 2.49. The molecule has 0 radical (unpaired) electrons. The van der Waals surface area contributed by atoms with Gasteiger partial charge in [0.2, 0.25) is 12.2 Å². The highest BCUT2D eigenvalue weighted by Gasteiger charge is 1.97. The highest BCUT2D eigenvalue weighted by atomic mass is 16.1. The standard InChI is InChI=1S/C14H16N2O2/c17-11-15-8-2-6-13-4-1-5-14(10-13)7-3-9-16-12-18/h1,4-5,10H,2-3,6-9H2. The number of benzene rings is 1. The van der Waals surface area contributed by atoms with Crippen molar-refractivity contribution in [1.82, 2.24) is 0 Å². The minimum atomic E-state index is 0.530. The fourth-order valence-electron chi connectivity index (χ4n) is 1.76. The van der Waals surface area contributed by atoms with E-state index in [0.717, 1.165) is 25.7 Å². The molecular weight excluding hydrogens is 228 g/mol. The number of carbonyl (C=O) groups excluding carboxylic acids is 2. The Kier molecular flexibility index (Phi) is 7.07. The van der Waals surface area contributed by atoms with Crippen LogP contribution in [0.25, 0.3) is 0 Å². The number of hydrogen-bond acceptors (Lipinski definition) is 4. The molecule has 18 heavy (non-hydrogen) atoms. The van der Waals surface area contributed by atoms with Crippen LogP contribution in [0.2, 0.25) is 0 Å². The van der Waals surface area contributed by atoms with Crippen LogP contribution in [0.1, 0.15) is 24.0 Å². The molecule has 4 nitrogen and oxygen atoms in total. The van der Waals surface area contributed by atoms with Gasteiger partial charge in [0.25, 0.3) is 0 Å². The zero-order valence-electron chi connectivity index (χ0n) is 10.3. The smallest absolute Gasteiger partial charge is 0.211 e. The molecule has 0 aliphatic heterocycles. The summed E-state index contributed by atoms with van der Waals surface area (Å²) in [6.45, 7) is 1.06. The molecule has 0 heterocycles. The summed E-state index contributed by atoms with van der Waals surface area (Å²) in [5.74, 6) is 0. The lowest BCUT2D eigenvalue weighted by Gasteiger charge is -2.03. The molecule has 4 heteroatoms. The molecule has 1 aromatic carbocycles. The normalized spacial score (nSPS) is 9.33. The molecule has 0 bridgehead atoms. The second kappa shape index (κ2) is 9.06. The summed E-state index contributed by atoms with van der Waals surface area (Å²) in [6, 6.07) is 8.31. The summed E-state index contributed by atoms with van der Waals surface area (Å²) in [4.78, 5) is 26.9. The molecule has 0 fully saturated rings. The Morgan fingerprint density at radius 2 is 1.39 bits per heavy atom. The molecule has 0 spiro atoms. The largest absolute Gasteiger partial charge is 0.234 e. The molecule has 0 saturated carbocycles. The van der Waals surface area contributed by atoms with Crippen LogP contribution in [-0.2, 0) is 22.4 Å². The van der Waals surface area contributed by atoms with E-state index in [2.05, 4.69) is 28.2 Å². The molecular formula is C14H16N2O2. The topological polar surface area (TPSA) is 58.9 Å². The number of aryl methyl sites for hydroxylation is 2. The summed E-state index contributed by atoms with van der Waals surface area (Å²) < 4.78 is 0. The monoisotopic (exact) mass is 244 g/mol. The molecule has 0 unspecified atom stereocenters. The van der Waals surface area contributed by atoms with Crippen molar-refractivity contribution in [2.75, 3.05) is 13.1 Å². The van der Waals surface area contributed by atoms with Crippen molar-refractivity contribution < 1.29 is 9.59 Å². The first-order valence-corrected chi connectivity index (χ1v) is 6.02. The van der Waals surface area contributed by atoms with E-state index < -0.39 is 0 Å². The van der Waals surface area contributed by atoms with Gasteiger partial charge in [0.15, 0.2) is 0 Å². The Morgan fingerprint density at radius 1 is 0.889 bits per heavy atom. The average Bonchev–Trinajstić information content (AvgIpc) is 2.40. The predicted octanol–water partition coefficient (Wildman–Crippen LogP) is 2.22. The minimum absolute atomic E-state index is 0.530. The molecule has 0 aliphatic carbocycles. The number of isocyanates is 2. The lowest BCUT2D eigenvalue weighted by atomic mass is 10.0. The van der Waals surface area contributed by atoms with Crippen LogP contribution < -0.4 is 0 Å². The number of nitrogens with zero attached hydrogens (tertiary/aromatic N) is 2. The van der Waals surface area contributed by atoms with E-state index in [1.165, 1.54) is 23.3 Å². The molecule has 0 aromatic heterocycles. The zero-order chi connectivity index (χ0) is 13.1. The van der Waals surface area contributed by atoms with Crippen LogP contribution in [0.3, 0.4) is 0 Å². The second-order valence-corrected chi connectivity index (χ2v) is 3.97. The van der Waals surface area contributed by atoms with Gasteiger partial charge < -0.3 is 0 Å². The Morgan fingerprint density at radius 3 is 1.83 bits per heavy atom. The number of hydrogen-bond donors (Lipinski definition) is 0. The van der Waals surface area contributed by atoms with Crippen molar-refractivity contribution >= 4 is 12.2 Å². The quantitative estimate of drug-likeness (QED) is 0.400. The molecule has 0 amide bonds. The van der Waals surface area contributed by atoms with Gasteiger partial charge in [-0.3, -0.25) is 0 Å². The van der Waals surface area contributed by atoms with E-state index in [0.29, 0.717) is 13.1 Å². The lowest BCUT2D eigenvalue weighted by molar-refractivity contribution is 0.561. The molecule has 1 aromatic rings. The summed E-state index contributed by atoms with van der Waals surface area (Å²) >= 11 is 0. The Labute approximate surface area is 106 Å². The van der Waals surface area contributed by atoms with Crippen molar-refractivity contribution in [3.8, 4) is 0 Å². The third-order valence-electron chi connectivity index (χ3n) is 2.59. The molecule has 0 atom stereocenters. The van der Waals surface area contributed by atoms with E-state index in [1.54, 1.807) is 0 Å². The van der Waals surface area contributed by atoms with Gasteiger partial charge in [-0.05, 0) is 36.8 Å². The minimum Gasteiger partial charge on any atom is -0.211 e. The SMILES string of the molecule is O=C=NCCCc1cccc(CCCN=C=O)c1. The second-order valence-electron chi connectivity index (χ2n) is 3.97. The van der Waals surface area contributed by atoms with Crippen LogP contribution in [0.15, 0.2) is 34.3 Å². The summed E-state index contributed by atoms with van der Waals surface area (Å²) in [6.07, 6.45) is 6.60. The van der Waals surface area contributed by atoms with Gasteiger partial charge in [0.05, 0.1) is 13.1 Å². The lowest BCUT2D eigenvalue weighted by Crippen LogP contribution is -1.92. The summed E-state index contributed by atoms with van der Waals surface area (Å²) in [7, 11) is 0. The van der Waals surface area contributed by atoms with Crippen LogP contribution in [0.4, 0.5) is 0 Å². The van der Waals surface area contributed by atoms with Gasteiger partial charge in [0, 0.05) is 0 Å². The van der Waals surface area contributed by atoms with Gasteiger partial charge in [-0.15, -0.1) is 0 Å². The first-order valence-electron chi connectivity index (χ1n) is 6.02.